The molecule has 0 spiro atoms. The maximum absolute atomic E-state index is 13.1. The van der Waals surface area contributed by atoms with Gasteiger partial charge in [0.05, 0.1) is 11.1 Å². The number of nitrogens with zero attached hydrogens (tertiary/aromatic N) is 2. The molecule has 0 saturated heterocycles. The van der Waals surface area contributed by atoms with Crippen molar-refractivity contribution < 1.29 is 18.0 Å². The van der Waals surface area contributed by atoms with E-state index in [1.807, 2.05) is 6.07 Å². The number of benzene rings is 1. The molecule has 0 saturated carbocycles. The van der Waals surface area contributed by atoms with Crippen molar-refractivity contribution in [1.82, 2.24) is 9.88 Å². The minimum Gasteiger partial charge on any atom is -0.337 e. The zero-order chi connectivity index (χ0) is 18.0. The Morgan fingerprint density at radius 3 is 2.68 bits per heavy atom. The van der Waals surface area contributed by atoms with Crippen molar-refractivity contribution in [3.63, 3.8) is 0 Å². The van der Waals surface area contributed by atoms with Crippen LogP contribution in [0.15, 0.2) is 36.5 Å². The highest BCUT2D eigenvalue weighted by Gasteiger charge is 2.33. The summed E-state index contributed by atoms with van der Waals surface area (Å²) in [5.74, 6) is -0.321. The van der Waals surface area contributed by atoms with Gasteiger partial charge in [0, 0.05) is 25.5 Å². The second-order valence-corrected chi connectivity index (χ2v) is 6.35. The van der Waals surface area contributed by atoms with Crippen LogP contribution in [0.3, 0.4) is 0 Å². The van der Waals surface area contributed by atoms with Gasteiger partial charge in [-0.25, -0.2) is 0 Å². The maximum atomic E-state index is 13.1. The Morgan fingerprint density at radius 1 is 1.20 bits per heavy atom. The summed E-state index contributed by atoms with van der Waals surface area (Å²) in [5, 5.41) is 0. The molecule has 1 aliphatic rings. The molecule has 3 rings (SSSR count). The minimum atomic E-state index is -4.44. The number of rotatable bonds is 3. The van der Waals surface area contributed by atoms with Crippen molar-refractivity contribution in [3.8, 4) is 0 Å². The number of carbonyl (C=O) groups excluding carboxylic acids is 1. The van der Waals surface area contributed by atoms with Gasteiger partial charge in [0.2, 0.25) is 0 Å². The number of fused-ring (bicyclic) bond motifs is 1. The van der Waals surface area contributed by atoms with Gasteiger partial charge in [0.25, 0.3) is 5.91 Å². The predicted octanol–water partition coefficient (Wildman–Crippen LogP) is 4.25. The molecular formula is C19H19F3N2O. The summed E-state index contributed by atoms with van der Waals surface area (Å²) in [6, 6.07) is 7.16. The molecule has 0 aliphatic heterocycles. The first kappa shape index (κ1) is 17.5. The lowest BCUT2D eigenvalue weighted by molar-refractivity contribution is -0.138. The highest BCUT2D eigenvalue weighted by Crippen LogP contribution is 2.32. The van der Waals surface area contributed by atoms with Crippen molar-refractivity contribution >= 4 is 5.91 Å². The fraction of sp³-hybridized carbons (Fsp3) is 0.368. The highest BCUT2D eigenvalue weighted by atomic mass is 19.4. The molecule has 1 aromatic heterocycles. The van der Waals surface area contributed by atoms with Crippen LogP contribution >= 0.6 is 0 Å². The van der Waals surface area contributed by atoms with E-state index in [0.717, 1.165) is 43.0 Å². The Balaban J connectivity index is 1.80. The molecule has 1 amide bonds. The number of aromatic nitrogens is 1. The highest BCUT2D eigenvalue weighted by molar-refractivity contribution is 5.94. The standard InChI is InChI=1S/C19H19F3N2O/c1-24(12-14-7-2-4-8-16(14)19(20,21)22)18(25)15-10-13-6-3-5-9-17(13)23-11-15/h2,4,7-8,10-11H,3,5-6,9,12H2,1H3. The molecular weight excluding hydrogens is 329 g/mol. The second kappa shape index (κ2) is 6.86. The first-order chi connectivity index (χ1) is 11.9. The summed E-state index contributed by atoms with van der Waals surface area (Å²) in [5.41, 5.74) is 1.89. The molecule has 0 atom stereocenters. The first-order valence-electron chi connectivity index (χ1n) is 8.24. The van der Waals surface area contributed by atoms with Crippen LogP contribution in [0.5, 0.6) is 0 Å². The van der Waals surface area contributed by atoms with E-state index in [-0.39, 0.29) is 18.0 Å². The Labute approximate surface area is 144 Å². The summed E-state index contributed by atoms with van der Waals surface area (Å²) in [4.78, 5) is 18.3. The molecule has 25 heavy (non-hydrogen) atoms. The van der Waals surface area contributed by atoms with E-state index in [2.05, 4.69) is 4.98 Å². The largest absolute Gasteiger partial charge is 0.416 e. The number of aryl methyl sites for hydroxylation is 2. The third-order valence-electron chi connectivity index (χ3n) is 4.49. The van der Waals surface area contributed by atoms with E-state index in [1.54, 1.807) is 6.07 Å². The van der Waals surface area contributed by atoms with Gasteiger partial charge < -0.3 is 4.90 Å². The van der Waals surface area contributed by atoms with Crippen LogP contribution in [0.25, 0.3) is 0 Å². The van der Waals surface area contributed by atoms with Crippen LogP contribution in [0.1, 0.15) is 45.6 Å². The number of hydrogen-bond acceptors (Lipinski definition) is 2. The zero-order valence-electron chi connectivity index (χ0n) is 13.9. The molecule has 3 nitrogen and oxygen atoms in total. The van der Waals surface area contributed by atoms with E-state index in [9.17, 15) is 18.0 Å². The SMILES string of the molecule is CN(Cc1ccccc1C(F)(F)F)C(=O)c1cnc2c(c1)CCCC2. The predicted molar refractivity (Wildman–Crippen MR) is 88.1 cm³/mol. The van der Waals surface area contributed by atoms with Crippen LogP contribution in [-0.4, -0.2) is 22.8 Å². The zero-order valence-corrected chi connectivity index (χ0v) is 13.9. The summed E-state index contributed by atoms with van der Waals surface area (Å²) in [7, 11) is 1.51. The Morgan fingerprint density at radius 2 is 1.92 bits per heavy atom. The van der Waals surface area contributed by atoms with Crippen molar-refractivity contribution in [3.05, 3.63) is 64.5 Å². The molecule has 0 fully saturated rings. The van der Waals surface area contributed by atoms with E-state index in [4.69, 9.17) is 0 Å². The smallest absolute Gasteiger partial charge is 0.337 e. The first-order valence-corrected chi connectivity index (χ1v) is 8.24. The van der Waals surface area contributed by atoms with E-state index in [1.165, 1.54) is 30.3 Å². The summed E-state index contributed by atoms with van der Waals surface area (Å²) < 4.78 is 39.3. The van der Waals surface area contributed by atoms with Gasteiger partial charge in [0.15, 0.2) is 0 Å². The fourth-order valence-electron chi connectivity index (χ4n) is 3.19. The van der Waals surface area contributed by atoms with Gasteiger partial charge in [0.1, 0.15) is 0 Å². The molecule has 1 aliphatic carbocycles. The van der Waals surface area contributed by atoms with Crippen LogP contribution in [-0.2, 0) is 25.6 Å². The van der Waals surface area contributed by atoms with Gasteiger partial charge in [-0.15, -0.1) is 0 Å². The van der Waals surface area contributed by atoms with Crippen molar-refractivity contribution in [1.29, 1.82) is 0 Å². The van der Waals surface area contributed by atoms with Gasteiger partial charge in [-0.1, -0.05) is 18.2 Å². The molecule has 1 aromatic carbocycles. The third-order valence-corrected chi connectivity index (χ3v) is 4.49. The average Bonchev–Trinajstić information content (AvgIpc) is 2.60. The lowest BCUT2D eigenvalue weighted by Crippen LogP contribution is -2.28. The van der Waals surface area contributed by atoms with Crippen LogP contribution in [0.4, 0.5) is 13.2 Å². The molecule has 2 aromatic rings. The van der Waals surface area contributed by atoms with E-state index >= 15 is 0 Å². The molecule has 132 valence electrons. The van der Waals surface area contributed by atoms with Crippen molar-refractivity contribution in [2.75, 3.05) is 7.05 Å². The van der Waals surface area contributed by atoms with E-state index < -0.39 is 11.7 Å². The number of pyridine rings is 1. The maximum Gasteiger partial charge on any atom is 0.416 e. The molecule has 0 N–H and O–H groups in total. The topological polar surface area (TPSA) is 33.2 Å². The van der Waals surface area contributed by atoms with Crippen LogP contribution in [0.2, 0.25) is 0 Å². The van der Waals surface area contributed by atoms with Gasteiger partial charge in [-0.3, -0.25) is 9.78 Å². The summed E-state index contributed by atoms with van der Waals surface area (Å²) in [6.45, 7) is -0.106. The third kappa shape index (κ3) is 3.83. The lowest BCUT2D eigenvalue weighted by Gasteiger charge is -2.21. The van der Waals surface area contributed by atoms with Gasteiger partial charge >= 0.3 is 6.18 Å². The number of carbonyl (C=O) groups is 1. The fourth-order valence-corrected chi connectivity index (χ4v) is 3.19. The molecule has 6 heteroatoms. The number of alkyl halides is 3. The van der Waals surface area contributed by atoms with Crippen molar-refractivity contribution in [2.24, 2.45) is 0 Å². The Kier molecular flexibility index (Phi) is 4.79. The average molecular weight is 348 g/mol. The number of amides is 1. The van der Waals surface area contributed by atoms with Crippen LogP contribution < -0.4 is 0 Å². The molecule has 1 heterocycles. The minimum absolute atomic E-state index is 0.0803. The van der Waals surface area contributed by atoms with E-state index in [0.29, 0.717) is 5.56 Å². The van der Waals surface area contributed by atoms with Gasteiger partial charge in [-0.2, -0.15) is 13.2 Å². The molecule has 0 radical (unpaired) electrons. The number of halogens is 3. The molecule has 0 unspecified atom stereocenters. The summed E-state index contributed by atoms with van der Waals surface area (Å²) in [6.07, 6.45) is 1.07. The number of hydrogen-bond donors (Lipinski definition) is 0. The lowest BCUT2D eigenvalue weighted by atomic mass is 9.95. The Bertz CT molecular complexity index is 786. The summed E-state index contributed by atoms with van der Waals surface area (Å²) >= 11 is 0. The van der Waals surface area contributed by atoms with Gasteiger partial charge in [-0.05, 0) is 48.9 Å². The normalized spacial score (nSPS) is 14.1. The van der Waals surface area contributed by atoms with Crippen LogP contribution in [0, 0.1) is 0 Å². The quantitative estimate of drug-likeness (QED) is 0.831. The monoisotopic (exact) mass is 348 g/mol. The molecule has 0 bridgehead atoms. The van der Waals surface area contributed by atoms with Crippen molar-refractivity contribution in [2.45, 2.75) is 38.4 Å². The second-order valence-electron chi connectivity index (χ2n) is 6.35. The Hall–Kier alpha value is -2.37.